The summed E-state index contributed by atoms with van der Waals surface area (Å²) in [6.07, 6.45) is 1.17. The van der Waals surface area contributed by atoms with Gasteiger partial charge in [0.05, 0.1) is 11.4 Å². The number of rotatable bonds is 6. The lowest BCUT2D eigenvalue weighted by molar-refractivity contribution is -0.267. The third-order valence-electron chi connectivity index (χ3n) is 7.20. The van der Waals surface area contributed by atoms with E-state index >= 15 is 0 Å². The Balaban J connectivity index is 1.58. The number of anilines is 1. The van der Waals surface area contributed by atoms with Crippen LogP contribution in [0.2, 0.25) is 0 Å². The summed E-state index contributed by atoms with van der Waals surface area (Å²) < 4.78 is 61.4. The van der Waals surface area contributed by atoms with Gasteiger partial charge in [0.25, 0.3) is 5.60 Å². The molecule has 1 aromatic carbocycles. The number of ether oxygens (including phenoxy) is 1. The number of hydrogen-bond acceptors (Lipinski definition) is 4. The Kier molecular flexibility index (Phi) is 5.65. The van der Waals surface area contributed by atoms with Crippen molar-refractivity contribution in [3.63, 3.8) is 0 Å². The third-order valence-corrected chi connectivity index (χ3v) is 8.90. The summed E-state index contributed by atoms with van der Waals surface area (Å²) in [7, 11) is -1.37. The molecule has 4 aliphatic rings. The minimum atomic E-state index is -5.25. The Morgan fingerprint density at radius 3 is 2.19 bits per heavy atom. The molecule has 0 amide bonds. The van der Waals surface area contributed by atoms with E-state index in [0.717, 1.165) is 31.4 Å². The number of alkyl halides is 3. The van der Waals surface area contributed by atoms with E-state index in [-0.39, 0.29) is 11.4 Å². The second-order valence-electron chi connectivity index (χ2n) is 9.43. The van der Waals surface area contributed by atoms with E-state index in [1.54, 1.807) is 6.92 Å². The minimum Gasteiger partial charge on any atom is -0.463 e. The van der Waals surface area contributed by atoms with Gasteiger partial charge < -0.3 is 14.6 Å². The quantitative estimate of drug-likeness (QED) is 0.620. The van der Waals surface area contributed by atoms with Crippen molar-refractivity contribution in [2.24, 2.45) is 17.8 Å². The highest BCUT2D eigenvalue weighted by atomic mass is 32.2. The lowest BCUT2D eigenvalue weighted by Crippen LogP contribution is -2.54. The van der Waals surface area contributed by atoms with Gasteiger partial charge in [0, 0.05) is 11.3 Å². The van der Waals surface area contributed by atoms with Crippen molar-refractivity contribution < 1.29 is 32.0 Å². The van der Waals surface area contributed by atoms with Crippen LogP contribution < -0.4 is 4.72 Å². The van der Waals surface area contributed by atoms with E-state index < -0.39 is 34.3 Å². The highest BCUT2D eigenvalue weighted by Gasteiger charge is 2.62. The molecular weight excluding hydrogens is 431 g/mol. The Bertz CT molecular complexity index is 868. The fraction of sp³-hybridized carbons (Fsp3) is 0.682. The molecule has 0 aromatic heterocycles. The lowest BCUT2D eigenvalue weighted by atomic mass is 9.56. The maximum atomic E-state index is 13.6. The molecule has 0 aliphatic heterocycles. The van der Waals surface area contributed by atoms with Crippen molar-refractivity contribution in [2.75, 3.05) is 11.3 Å². The third kappa shape index (κ3) is 3.77. The van der Waals surface area contributed by atoms with Gasteiger partial charge in [-0.3, -0.25) is 0 Å². The Morgan fingerprint density at radius 1 is 1.19 bits per heavy atom. The molecule has 0 saturated heterocycles. The highest BCUT2D eigenvalue weighted by molar-refractivity contribution is 7.87. The number of hydrogen-bond donors (Lipinski definition) is 2. The maximum absolute atomic E-state index is 13.6. The molecule has 2 atom stereocenters. The second kappa shape index (κ2) is 7.76. The zero-order valence-electron chi connectivity index (χ0n) is 17.6. The largest absolute Gasteiger partial charge is 0.463 e. The number of nitrogens with one attached hydrogen (secondary N) is 1. The van der Waals surface area contributed by atoms with E-state index in [0.29, 0.717) is 29.0 Å². The molecule has 31 heavy (non-hydrogen) atoms. The summed E-state index contributed by atoms with van der Waals surface area (Å²) in [5, 5.41) is 10.3. The summed E-state index contributed by atoms with van der Waals surface area (Å²) >= 11 is 0. The van der Waals surface area contributed by atoms with Crippen LogP contribution in [0.1, 0.15) is 56.6 Å². The number of carbonyl (C=O) groups is 1. The van der Waals surface area contributed by atoms with Crippen LogP contribution in [0, 0.1) is 24.7 Å². The summed E-state index contributed by atoms with van der Waals surface area (Å²) in [4.78, 5) is 12.0. The van der Waals surface area contributed by atoms with Gasteiger partial charge in [0.15, 0.2) is 0 Å². The summed E-state index contributed by atoms with van der Waals surface area (Å²) in [6.45, 7) is 2.64. The van der Waals surface area contributed by atoms with Crippen LogP contribution in [-0.4, -0.2) is 32.8 Å². The smallest absolute Gasteiger partial charge is 0.432 e. The second-order valence-corrected chi connectivity index (χ2v) is 11.0. The molecule has 0 radical (unpaired) electrons. The van der Waals surface area contributed by atoms with Crippen molar-refractivity contribution in [3.05, 3.63) is 29.3 Å². The molecular formula is C22H28F3NO4S. The predicted octanol–water partition coefficient (Wildman–Crippen LogP) is 4.35. The first kappa shape index (κ1) is 22.6. The van der Waals surface area contributed by atoms with Crippen LogP contribution in [0.25, 0.3) is 0 Å². The van der Waals surface area contributed by atoms with Crippen LogP contribution in [0.3, 0.4) is 0 Å². The fourth-order valence-electron chi connectivity index (χ4n) is 6.10. The zero-order chi connectivity index (χ0) is 22.6. The molecule has 0 unspecified atom stereocenters. The Morgan fingerprint density at radius 2 is 1.74 bits per heavy atom. The SMILES string of the molecule is CCOC(=O)[C@@](O)(c1ccc(N[S@@](=O)C23CC4CC(CC(C4)C2)C3)c(C)c1)C(F)(F)F. The Hall–Kier alpha value is -1.61. The molecule has 172 valence electrons. The van der Waals surface area contributed by atoms with Crippen molar-refractivity contribution in [1.29, 1.82) is 0 Å². The van der Waals surface area contributed by atoms with E-state index in [1.807, 2.05) is 0 Å². The van der Waals surface area contributed by atoms with Gasteiger partial charge in [0.1, 0.15) is 11.0 Å². The molecule has 5 rings (SSSR count). The van der Waals surface area contributed by atoms with Crippen molar-refractivity contribution in [2.45, 2.75) is 68.9 Å². The molecule has 0 heterocycles. The topological polar surface area (TPSA) is 75.6 Å². The molecule has 4 aliphatic carbocycles. The minimum absolute atomic E-state index is 0.280. The number of esters is 1. The molecule has 1 aromatic rings. The monoisotopic (exact) mass is 459 g/mol. The van der Waals surface area contributed by atoms with E-state index in [4.69, 9.17) is 0 Å². The van der Waals surface area contributed by atoms with E-state index in [2.05, 4.69) is 9.46 Å². The predicted molar refractivity (Wildman–Crippen MR) is 110 cm³/mol. The Labute approximate surface area is 182 Å². The summed E-state index contributed by atoms with van der Waals surface area (Å²) in [5.74, 6) is 0.0882. The van der Waals surface area contributed by atoms with Gasteiger partial charge in [-0.1, -0.05) is 12.1 Å². The number of halogens is 3. The number of aliphatic hydroxyl groups is 1. The summed E-state index contributed by atoms with van der Waals surface area (Å²) in [6, 6.07) is 3.49. The molecule has 4 fully saturated rings. The van der Waals surface area contributed by atoms with Gasteiger partial charge in [-0.15, -0.1) is 0 Å². The average molecular weight is 460 g/mol. The van der Waals surface area contributed by atoms with Gasteiger partial charge in [0.2, 0.25) is 0 Å². The normalized spacial score (nSPS) is 32.4. The molecule has 4 saturated carbocycles. The van der Waals surface area contributed by atoms with E-state index in [1.165, 1.54) is 32.3 Å². The first-order chi connectivity index (χ1) is 14.5. The lowest BCUT2D eigenvalue weighted by Gasteiger charge is -2.55. The van der Waals surface area contributed by atoms with E-state index in [9.17, 15) is 27.3 Å². The van der Waals surface area contributed by atoms with Gasteiger partial charge in [-0.05, 0) is 81.8 Å². The van der Waals surface area contributed by atoms with Gasteiger partial charge in [-0.2, -0.15) is 13.2 Å². The van der Waals surface area contributed by atoms with Crippen molar-refractivity contribution in [3.8, 4) is 0 Å². The molecule has 2 N–H and O–H groups in total. The van der Waals surface area contributed by atoms with Crippen LogP contribution in [0.5, 0.6) is 0 Å². The van der Waals surface area contributed by atoms with Crippen LogP contribution in [-0.2, 0) is 26.1 Å². The van der Waals surface area contributed by atoms with Crippen LogP contribution in [0.4, 0.5) is 18.9 Å². The number of aryl methyl sites for hydroxylation is 1. The van der Waals surface area contributed by atoms with Gasteiger partial charge in [-0.25, -0.2) is 9.00 Å². The summed E-state index contributed by atoms with van der Waals surface area (Å²) in [5.41, 5.74) is -3.58. The zero-order valence-corrected chi connectivity index (χ0v) is 18.4. The fourth-order valence-corrected chi connectivity index (χ4v) is 7.91. The molecule has 9 heteroatoms. The van der Waals surface area contributed by atoms with Gasteiger partial charge >= 0.3 is 12.1 Å². The first-order valence-electron chi connectivity index (χ1n) is 10.7. The molecule has 5 nitrogen and oxygen atoms in total. The number of benzene rings is 1. The average Bonchev–Trinajstić information content (AvgIpc) is 2.67. The molecule has 0 spiro atoms. The van der Waals surface area contributed by atoms with Crippen LogP contribution in [0.15, 0.2) is 18.2 Å². The highest BCUT2D eigenvalue weighted by Crippen LogP contribution is 2.58. The first-order valence-corrected chi connectivity index (χ1v) is 11.9. The van der Waals surface area contributed by atoms with Crippen LogP contribution >= 0.6 is 0 Å². The van der Waals surface area contributed by atoms with Crippen molar-refractivity contribution in [1.82, 2.24) is 0 Å². The van der Waals surface area contributed by atoms with Crippen molar-refractivity contribution >= 4 is 22.6 Å². The maximum Gasteiger partial charge on any atom is 0.432 e. The number of carbonyl (C=O) groups excluding carboxylic acids is 1. The standard InChI is InChI=1S/C22H28F3NO4S/c1-3-30-19(27)21(28,22(23,24)25)17-4-5-18(13(2)6-17)26-31(29)20-10-14-7-15(11-20)9-16(8-14)12-20/h4-6,14-16,26,28H,3,7-12H2,1-2H3/t14?,15?,16?,20?,21-,31-/m0/s1. The molecule has 4 bridgehead atoms.